The first-order valence-electron chi connectivity index (χ1n) is 7.88. The summed E-state index contributed by atoms with van der Waals surface area (Å²) in [5.41, 5.74) is 0. The second-order valence-electron chi connectivity index (χ2n) is 5.95. The molecule has 6 nitrogen and oxygen atoms in total. The van der Waals surface area contributed by atoms with E-state index in [0.717, 1.165) is 28.9 Å². The van der Waals surface area contributed by atoms with Crippen LogP contribution in [0.1, 0.15) is 24.1 Å². The number of rotatable bonds is 6. The zero-order valence-corrected chi connectivity index (χ0v) is 19.8. The average molecular weight is 519 g/mol. The first-order valence-corrected chi connectivity index (χ1v) is 11.4. The van der Waals surface area contributed by atoms with Gasteiger partial charge in [0.15, 0.2) is 5.96 Å². The van der Waals surface area contributed by atoms with E-state index >= 15 is 0 Å². The van der Waals surface area contributed by atoms with Gasteiger partial charge in [-0.2, -0.15) is 11.8 Å². The molecule has 1 heterocycles. The lowest BCUT2D eigenvalue weighted by Crippen LogP contribution is -2.42. The zero-order valence-electron chi connectivity index (χ0n) is 15.0. The average Bonchev–Trinajstić information content (AvgIpc) is 3.20. The molecule has 2 atom stereocenters. The molecular weight excluding hydrogens is 491 g/mol. The van der Waals surface area contributed by atoms with Crippen molar-refractivity contribution in [3.63, 3.8) is 0 Å². The van der Waals surface area contributed by atoms with Crippen LogP contribution in [0, 0.1) is 0 Å². The third kappa shape index (κ3) is 6.26. The molecule has 0 aliphatic heterocycles. The van der Waals surface area contributed by atoms with Crippen LogP contribution in [0.15, 0.2) is 21.3 Å². The maximum Gasteiger partial charge on any atom is 0.252 e. The molecule has 2 rings (SSSR count). The van der Waals surface area contributed by atoms with E-state index in [4.69, 9.17) is 0 Å². The number of thioether (sulfide) groups is 1. The summed E-state index contributed by atoms with van der Waals surface area (Å²) in [5.74, 6) is 0.771. The van der Waals surface area contributed by atoms with Gasteiger partial charge < -0.3 is 10.6 Å². The summed E-state index contributed by atoms with van der Waals surface area (Å²) < 4.78 is 25.8. The standard InChI is InChI=1S/C15H26N4O2S3.HI/c1-16-15(18-11-5-6-12(9-11)22-4)17-10-13-7-8-14(23-13)24(20,21)19(2)3;/h7-8,11-12H,5-6,9-10H2,1-4H3,(H2,16,17,18);1H. The number of nitrogens with one attached hydrogen (secondary N) is 2. The fourth-order valence-electron chi connectivity index (χ4n) is 2.62. The first-order chi connectivity index (χ1) is 11.4. The van der Waals surface area contributed by atoms with Gasteiger partial charge in [0.25, 0.3) is 10.0 Å². The van der Waals surface area contributed by atoms with Gasteiger partial charge in [-0.15, -0.1) is 35.3 Å². The van der Waals surface area contributed by atoms with E-state index in [9.17, 15) is 8.42 Å². The number of sulfonamides is 1. The maximum absolute atomic E-state index is 12.1. The molecule has 0 radical (unpaired) electrons. The number of aliphatic imine (C=N–C) groups is 1. The summed E-state index contributed by atoms with van der Waals surface area (Å²) in [7, 11) is 1.49. The van der Waals surface area contributed by atoms with Gasteiger partial charge in [-0.1, -0.05) is 0 Å². The zero-order chi connectivity index (χ0) is 17.7. The highest BCUT2D eigenvalue weighted by atomic mass is 127. The minimum absolute atomic E-state index is 0. The molecular formula is C15H27IN4O2S3. The Hall–Kier alpha value is -0.0400. The Labute approximate surface area is 176 Å². The number of thiophene rings is 1. The van der Waals surface area contributed by atoms with Crippen LogP contribution in [0.3, 0.4) is 0 Å². The molecule has 144 valence electrons. The Bertz CT molecular complexity index is 676. The van der Waals surface area contributed by atoms with E-state index in [1.165, 1.54) is 22.1 Å². The minimum Gasteiger partial charge on any atom is -0.354 e. The Morgan fingerprint density at radius 1 is 1.40 bits per heavy atom. The first kappa shape index (κ1) is 23.0. The molecule has 2 unspecified atom stereocenters. The predicted octanol–water partition coefficient (Wildman–Crippen LogP) is 2.57. The van der Waals surface area contributed by atoms with Crippen LogP contribution in [0.5, 0.6) is 0 Å². The maximum atomic E-state index is 12.1. The molecule has 1 aromatic heterocycles. The fraction of sp³-hybridized carbons (Fsp3) is 0.667. The second kappa shape index (κ2) is 10.3. The van der Waals surface area contributed by atoms with E-state index in [0.29, 0.717) is 16.8 Å². The molecule has 1 aromatic rings. The molecule has 0 aromatic carbocycles. The fourth-order valence-corrected chi connectivity index (χ4v) is 5.88. The number of nitrogens with zero attached hydrogens (tertiary/aromatic N) is 2. The third-order valence-electron chi connectivity index (χ3n) is 4.08. The number of halogens is 1. The molecule has 25 heavy (non-hydrogen) atoms. The Balaban J connectivity index is 0.00000312. The summed E-state index contributed by atoms with van der Waals surface area (Å²) in [6.07, 6.45) is 5.73. The van der Waals surface area contributed by atoms with Gasteiger partial charge in [0, 0.05) is 37.3 Å². The monoisotopic (exact) mass is 518 g/mol. The number of guanidine groups is 1. The molecule has 0 amide bonds. The van der Waals surface area contributed by atoms with Crippen LogP contribution in [0.4, 0.5) is 0 Å². The highest BCUT2D eigenvalue weighted by Gasteiger charge is 2.24. The topological polar surface area (TPSA) is 73.8 Å². The van der Waals surface area contributed by atoms with Gasteiger partial charge in [0.2, 0.25) is 0 Å². The van der Waals surface area contributed by atoms with Crippen molar-refractivity contribution in [2.24, 2.45) is 4.99 Å². The van der Waals surface area contributed by atoms with Crippen molar-refractivity contribution in [2.75, 3.05) is 27.4 Å². The van der Waals surface area contributed by atoms with Crippen molar-refractivity contribution in [1.29, 1.82) is 0 Å². The quantitative estimate of drug-likeness (QED) is 0.344. The Morgan fingerprint density at radius 2 is 2.12 bits per heavy atom. The van der Waals surface area contributed by atoms with Gasteiger partial charge in [-0.05, 0) is 37.7 Å². The molecule has 10 heteroatoms. The number of hydrogen-bond donors (Lipinski definition) is 2. The normalized spacial score (nSPS) is 21.2. The van der Waals surface area contributed by atoms with Crippen molar-refractivity contribution >= 4 is 63.1 Å². The van der Waals surface area contributed by atoms with E-state index < -0.39 is 10.0 Å². The lowest BCUT2D eigenvalue weighted by Gasteiger charge is -2.17. The highest BCUT2D eigenvalue weighted by Crippen LogP contribution is 2.28. The summed E-state index contributed by atoms with van der Waals surface area (Å²) >= 11 is 3.22. The molecule has 0 saturated heterocycles. The molecule has 1 aliphatic carbocycles. The van der Waals surface area contributed by atoms with Crippen LogP contribution in [0.2, 0.25) is 0 Å². The summed E-state index contributed by atoms with van der Waals surface area (Å²) in [6.45, 7) is 0.561. The highest BCUT2D eigenvalue weighted by molar-refractivity contribution is 14.0. The van der Waals surface area contributed by atoms with Gasteiger partial charge >= 0.3 is 0 Å². The van der Waals surface area contributed by atoms with Gasteiger partial charge in [-0.25, -0.2) is 12.7 Å². The van der Waals surface area contributed by atoms with Crippen molar-refractivity contribution in [2.45, 2.75) is 41.3 Å². The van der Waals surface area contributed by atoms with Gasteiger partial charge in [-0.3, -0.25) is 4.99 Å². The van der Waals surface area contributed by atoms with Crippen LogP contribution in [-0.4, -0.2) is 57.4 Å². The van der Waals surface area contributed by atoms with Gasteiger partial charge in [0.05, 0.1) is 6.54 Å². The molecule has 2 N–H and O–H groups in total. The molecule has 0 bridgehead atoms. The van der Waals surface area contributed by atoms with Crippen LogP contribution < -0.4 is 10.6 Å². The lowest BCUT2D eigenvalue weighted by atomic mass is 10.2. The molecule has 1 aliphatic rings. The Kier molecular flexibility index (Phi) is 9.51. The smallest absolute Gasteiger partial charge is 0.252 e. The predicted molar refractivity (Wildman–Crippen MR) is 119 cm³/mol. The summed E-state index contributed by atoms with van der Waals surface area (Å²) in [4.78, 5) is 5.23. The van der Waals surface area contributed by atoms with Gasteiger partial charge in [0.1, 0.15) is 4.21 Å². The SMILES string of the molecule is CN=C(NCc1ccc(S(=O)(=O)N(C)C)s1)NC1CCC(SC)C1.I. The Morgan fingerprint density at radius 3 is 2.68 bits per heavy atom. The molecule has 0 spiro atoms. The largest absolute Gasteiger partial charge is 0.354 e. The van der Waals surface area contributed by atoms with Crippen LogP contribution in [-0.2, 0) is 16.6 Å². The summed E-state index contributed by atoms with van der Waals surface area (Å²) in [6, 6.07) is 3.97. The van der Waals surface area contributed by atoms with Crippen molar-refractivity contribution in [3.8, 4) is 0 Å². The van der Waals surface area contributed by atoms with Crippen LogP contribution in [0.25, 0.3) is 0 Å². The van der Waals surface area contributed by atoms with Crippen molar-refractivity contribution < 1.29 is 8.42 Å². The van der Waals surface area contributed by atoms with Crippen molar-refractivity contribution in [1.82, 2.24) is 14.9 Å². The van der Waals surface area contributed by atoms with E-state index in [1.54, 1.807) is 27.2 Å². The van der Waals surface area contributed by atoms with Crippen molar-refractivity contribution in [3.05, 3.63) is 17.0 Å². The van der Waals surface area contributed by atoms with E-state index in [1.807, 2.05) is 17.8 Å². The lowest BCUT2D eigenvalue weighted by molar-refractivity contribution is 0.523. The third-order valence-corrected chi connectivity index (χ3v) is 8.55. The second-order valence-corrected chi connectivity index (χ2v) is 10.6. The summed E-state index contributed by atoms with van der Waals surface area (Å²) in [5, 5.41) is 7.47. The van der Waals surface area contributed by atoms with E-state index in [-0.39, 0.29) is 24.0 Å². The minimum atomic E-state index is -3.35. The number of hydrogen-bond acceptors (Lipinski definition) is 5. The molecule has 1 saturated carbocycles. The van der Waals surface area contributed by atoms with E-state index in [2.05, 4.69) is 21.9 Å². The van der Waals surface area contributed by atoms with Crippen LogP contribution >= 0.6 is 47.1 Å². The molecule has 1 fully saturated rings.